The summed E-state index contributed by atoms with van der Waals surface area (Å²) in [5.74, 6) is 0.175. The van der Waals surface area contributed by atoms with Crippen LogP contribution in [0.15, 0.2) is 60.2 Å². The number of ketones is 1. The van der Waals surface area contributed by atoms with Gasteiger partial charge < -0.3 is 0 Å². The van der Waals surface area contributed by atoms with Gasteiger partial charge in [0.05, 0.1) is 0 Å². The predicted octanol–water partition coefficient (Wildman–Crippen LogP) is 2.53. The fourth-order valence-corrected chi connectivity index (χ4v) is 2.57. The lowest BCUT2D eigenvalue weighted by Gasteiger charge is -2.16. The standard InChI is InChI=1S/C18H16N2O/c21-18-16(10-14-4-2-8-19-12-14)6-1-7-17(18)11-15-5-3-9-20-13-15/h2-5,8-13H,1,6-7H2/p+2. The van der Waals surface area contributed by atoms with E-state index in [4.69, 9.17) is 0 Å². The first-order valence-corrected chi connectivity index (χ1v) is 7.21. The molecule has 0 spiro atoms. The number of hydrogen-bond donors (Lipinski definition) is 0. The molecule has 0 radical (unpaired) electrons. The quantitative estimate of drug-likeness (QED) is 0.779. The lowest BCUT2D eigenvalue weighted by molar-refractivity contribution is -0.378. The highest BCUT2D eigenvalue weighted by Crippen LogP contribution is 2.27. The summed E-state index contributed by atoms with van der Waals surface area (Å²) >= 11 is 0. The van der Waals surface area contributed by atoms with E-state index in [1.807, 2.05) is 61.2 Å². The Morgan fingerprint density at radius 3 is 1.81 bits per heavy atom. The molecule has 0 amide bonds. The molecule has 1 aliphatic rings. The van der Waals surface area contributed by atoms with Gasteiger partial charge in [0, 0.05) is 34.4 Å². The van der Waals surface area contributed by atoms with Gasteiger partial charge in [0.2, 0.25) is 0 Å². The Morgan fingerprint density at radius 1 is 0.857 bits per heavy atom. The maximum atomic E-state index is 12.6. The molecule has 0 bridgehead atoms. The van der Waals surface area contributed by atoms with E-state index in [1.165, 1.54) is 0 Å². The van der Waals surface area contributed by atoms with Crippen LogP contribution >= 0.6 is 0 Å². The van der Waals surface area contributed by atoms with Crippen LogP contribution < -0.4 is 9.97 Å². The molecule has 3 rings (SSSR count). The Kier molecular flexibility index (Phi) is 4.01. The largest absolute Gasteiger partial charge is 0.289 e. The Morgan fingerprint density at radius 2 is 1.38 bits per heavy atom. The molecule has 1 aliphatic carbocycles. The van der Waals surface area contributed by atoms with Crippen LogP contribution in [0, 0.1) is 0 Å². The van der Waals surface area contributed by atoms with E-state index in [-0.39, 0.29) is 5.78 Å². The fraction of sp³-hybridized carbons (Fsp3) is 0.167. The van der Waals surface area contributed by atoms with E-state index in [9.17, 15) is 4.79 Å². The molecule has 0 saturated heterocycles. The van der Waals surface area contributed by atoms with Crippen molar-refractivity contribution >= 4 is 17.9 Å². The molecule has 1 saturated carbocycles. The molecule has 3 nitrogen and oxygen atoms in total. The SMILES string of the molecule is O=C1C(=Cc2ccc[nH+]c2)CCCC1=Cc1ccc[nH+]c1. The Balaban J connectivity index is 1.88. The normalized spacial score (nSPS) is 19.1. The average molecular weight is 278 g/mol. The van der Waals surface area contributed by atoms with Gasteiger partial charge in [-0.2, -0.15) is 0 Å². The van der Waals surface area contributed by atoms with Crippen LogP contribution in [0.2, 0.25) is 0 Å². The van der Waals surface area contributed by atoms with Crippen molar-refractivity contribution in [3.63, 3.8) is 0 Å². The molecule has 0 unspecified atom stereocenters. The van der Waals surface area contributed by atoms with E-state index in [2.05, 4.69) is 9.97 Å². The van der Waals surface area contributed by atoms with E-state index in [0.29, 0.717) is 0 Å². The molecule has 2 aromatic heterocycles. The highest BCUT2D eigenvalue weighted by atomic mass is 16.1. The number of pyridine rings is 2. The van der Waals surface area contributed by atoms with Gasteiger partial charge >= 0.3 is 0 Å². The maximum absolute atomic E-state index is 12.6. The summed E-state index contributed by atoms with van der Waals surface area (Å²) in [7, 11) is 0. The highest BCUT2D eigenvalue weighted by Gasteiger charge is 2.20. The fourth-order valence-electron chi connectivity index (χ4n) is 2.57. The summed E-state index contributed by atoms with van der Waals surface area (Å²) in [5, 5.41) is 0. The third-order valence-electron chi connectivity index (χ3n) is 3.62. The second kappa shape index (κ2) is 6.27. The van der Waals surface area contributed by atoms with Gasteiger partial charge in [-0.3, -0.25) is 4.79 Å². The van der Waals surface area contributed by atoms with Crippen molar-refractivity contribution in [3.05, 3.63) is 71.3 Å². The zero-order valence-electron chi connectivity index (χ0n) is 11.8. The first-order chi connectivity index (χ1) is 10.3. The smallest absolute Gasteiger partial charge is 0.185 e. The molecule has 21 heavy (non-hydrogen) atoms. The van der Waals surface area contributed by atoms with E-state index in [1.54, 1.807) is 0 Å². The predicted molar refractivity (Wildman–Crippen MR) is 80.8 cm³/mol. The Bertz CT molecular complexity index is 628. The minimum atomic E-state index is 0.175. The molecule has 0 aromatic carbocycles. The molecule has 104 valence electrons. The van der Waals surface area contributed by atoms with Crippen LogP contribution in [0.3, 0.4) is 0 Å². The molecular formula is C18H18N2O+2. The number of rotatable bonds is 2. The lowest BCUT2D eigenvalue weighted by atomic mass is 9.87. The summed E-state index contributed by atoms with van der Waals surface area (Å²) in [4.78, 5) is 18.7. The van der Waals surface area contributed by atoms with Crippen LogP contribution in [0.25, 0.3) is 12.2 Å². The first-order valence-electron chi connectivity index (χ1n) is 7.21. The molecule has 3 heteroatoms. The third kappa shape index (κ3) is 3.31. The molecule has 0 atom stereocenters. The second-order valence-electron chi connectivity index (χ2n) is 5.20. The summed E-state index contributed by atoms with van der Waals surface area (Å²) in [5.41, 5.74) is 3.87. The van der Waals surface area contributed by atoms with Gasteiger partial charge in [0.25, 0.3) is 0 Å². The second-order valence-corrected chi connectivity index (χ2v) is 5.20. The first kappa shape index (κ1) is 13.4. The number of carbonyl (C=O) groups is 1. The molecule has 2 aromatic rings. The molecular weight excluding hydrogens is 260 g/mol. The van der Waals surface area contributed by atoms with Crippen molar-refractivity contribution in [1.29, 1.82) is 0 Å². The Labute approximate surface area is 124 Å². The minimum absolute atomic E-state index is 0.175. The van der Waals surface area contributed by atoms with Gasteiger partial charge in [-0.25, -0.2) is 9.97 Å². The number of hydrogen-bond acceptors (Lipinski definition) is 1. The van der Waals surface area contributed by atoms with E-state index in [0.717, 1.165) is 41.5 Å². The number of H-pyrrole nitrogens is 2. The van der Waals surface area contributed by atoms with E-state index >= 15 is 0 Å². The van der Waals surface area contributed by atoms with Gasteiger partial charge in [-0.15, -0.1) is 0 Å². The zero-order chi connectivity index (χ0) is 14.5. The monoisotopic (exact) mass is 278 g/mol. The minimum Gasteiger partial charge on any atom is -0.289 e. The van der Waals surface area contributed by atoms with Crippen LogP contribution in [0.5, 0.6) is 0 Å². The molecule has 2 heterocycles. The van der Waals surface area contributed by atoms with Crippen LogP contribution in [0.1, 0.15) is 30.4 Å². The van der Waals surface area contributed by atoms with Crippen LogP contribution in [-0.2, 0) is 4.79 Å². The van der Waals surface area contributed by atoms with Crippen LogP contribution in [-0.4, -0.2) is 5.78 Å². The molecule has 2 N–H and O–H groups in total. The number of nitrogens with one attached hydrogen (secondary N) is 2. The number of aromatic nitrogens is 2. The van der Waals surface area contributed by atoms with Crippen LogP contribution in [0.4, 0.5) is 0 Å². The van der Waals surface area contributed by atoms with Gasteiger partial charge in [0.1, 0.15) is 0 Å². The Hall–Kier alpha value is -2.55. The third-order valence-corrected chi connectivity index (χ3v) is 3.62. The summed E-state index contributed by atoms with van der Waals surface area (Å²) in [6.07, 6.45) is 14.2. The summed E-state index contributed by atoms with van der Waals surface area (Å²) in [6.45, 7) is 0. The van der Waals surface area contributed by atoms with Gasteiger partial charge in [0.15, 0.2) is 30.6 Å². The topological polar surface area (TPSA) is 45.4 Å². The highest BCUT2D eigenvalue weighted by molar-refractivity contribution is 6.13. The summed E-state index contributed by atoms with van der Waals surface area (Å²) in [6, 6.07) is 7.88. The number of aromatic amines is 2. The van der Waals surface area contributed by atoms with Gasteiger partial charge in [-0.05, 0) is 43.5 Å². The van der Waals surface area contributed by atoms with Crippen molar-refractivity contribution in [2.24, 2.45) is 0 Å². The number of carbonyl (C=O) groups excluding carboxylic acids is 1. The molecule has 1 fully saturated rings. The van der Waals surface area contributed by atoms with Gasteiger partial charge in [-0.1, -0.05) is 0 Å². The van der Waals surface area contributed by atoms with Crippen molar-refractivity contribution in [2.45, 2.75) is 19.3 Å². The average Bonchev–Trinajstić information content (AvgIpc) is 2.53. The lowest BCUT2D eigenvalue weighted by Crippen LogP contribution is -2.12. The molecule has 0 aliphatic heterocycles. The zero-order valence-corrected chi connectivity index (χ0v) is 11.8. The van der Waals surface area contributed by atoms with Crippen molar-refractivity contribution < 1.29 is 14.8 Å². The maximum Gasteiger partial charge on any atom is 0.185 e. The van der Waals surface area contributed by atoms with Crippen molar-refractivity contribution in [1.82, 2.24) is 0 Å². The number of allylic oxidation sites excluding steroid dienone is 2. The van der Waals surface area contributed by atoms with Crippen molar-refractivity contribution in [3.8, 4) is 0 Å². The summed E-state index contributed by atoms with van der Waals surface area (Å²) < 4.78 is 0. The van der Waals surface area contributed by atoms with Crippen molar-refractivity contribution in [2.75, 3.05) is 0 Å². The van der Waals surface area contributed by atoms with E-state index < -0.39 is 0 Å². The number of Topliss-reactive ketones (excluding diaryl/α,β-unsaturated/α-hetero) is 1.